The van der Waals surface area contributed by atoms with E-state index in [9.17, 15) is 13.0 Å². The quantitative estimate of drug-likeness (QED) is 0.542. The highest BCUT2D eigenvalue weighted by atomic mass is 32.2. The van der Waals surface area contributed by atoms with Crippen LogP contribution in [0.2, 0.25) is 0 Å². The van der Waals surface area contributed by atoms with E-state index in [2.05, 4.69) is 0 Å². The molecule has 1 unspecified atom stereocenters. The zero-order valence-corrected chi connectivity index (χ0v) is 8.78. The van der Waals surface area contributed by atoms with Gasteiger partial charge in [-0.15, -0.1) is 0 Å². The summed E-state index contributed by atoms with van der Waals surface area (Å²) < 4.78 is 33.1. The van der Waals surface area contributed by atoms with Crippen LogP contribution in [0.4, 0.5) is 0 Å². The first-order valence-electron chi connectivity index (χ1n) is 4.38. The molecule has 1 aromatic rings. The van der Waals surface area contributed by atoms with Crippen LogP contribution < -0.4 is 4.57 Å². The number of hydrogen-bond donors (Lipinski definition) is 0. The second-order valence-electron chi connectivity index (χ2n) is 3.22. The third-order valence-electron chi connectivity index (χ3n) is 2.03. The summed E-state index contributed by atoms with van der Waals surface area (Å²) in [7, 11) is -4.09. The highest BCUT2D eigenvalue weighted by molar-refractivity contribution is 7.85. The number of pyridine rings is 1. The SMILES string of the molecule is CC(CCS(=O)(=O)[O-])[n+]1ccccc1. The highest BCUT2D eigenvalue weighted by Gasteiger charge is 2.12. The van der Waals surface area contributed by atoms with Crippen molar-refractivity contribution in [2.24, 2.45) is 0 Å². The number of nitrogens with zero attached hydrogens (tertiary/aromatic N) is 1. The number of hydrogen-bond acceptors (Lipinski definition) is 3. The molecule has 0 bridgehead atoms. The Kier molecular flexibility index (Phi) is 3.60. The zero-order chi connectivity index (χ0) is 10.6. The van der Waals surface area contributed by atoms with Crippen molar-refractivity contribution < 1.29 is 17.5 Å². The van der Waals surface area contributed by atoms with Crippen LogP contribution in [-0.4, -0.2) is 18.7 Å². The summed E-state index contributed by atoms with van der Waals surface area (Å²) in [5, 5.41) is 0. The maximum Gasteiger partial charge on any atom is 0.169 e. The fourth-order valence-electron chi connectivity index (χ4n) is 1.17. The molecule has 0 saturated heterocycles. The van der Waals surface area contributed by atoms with E-state index in [1.807, 2.05) is 42.1 Å². The summed E-state index contributed by atoms with van der Waals surface area (Å²) in [6, 6.07) is 5.64. The Balaban J connectivity index is 2.56. The highest BCUT2D eigenvalue weighted by Crippen LogP contribution is 2.02. The Labute approximate surface area is 83.9 Å². The van der Waals surface area contributed by atoms with Gasteiger partial charge in [-0.3, -0.25) is 0 Å². The van der Waals surface area contributed by atoms with E-state index in [1.54, 1.807) is 0 Å². The van der Waals surface area contributed by atoms with Crippen molar-refractivity contribution in [2.75, 3.05) is 5.75 Å². The molecular formula is C9H13NO3S. The Bertz CT molecular complexity index is 374. The first kappa shape index (κ1) is 11.1. The molecule has 0 saturated carbocycles. The third-order valence-corrected chi connectivity index (χ3v) is 2.77. The van der Waals surface area contributed by atoms with Gasteiger partial charge in [-0.05, 0) is 6.92 Å². The summed E-state index contributed by atoms with van der Waals surface area (Å²) in [4.78, 5) is 0. The van der Waals surface area contributed by atoms with Gasteiger partial charge in [-0.2, -0.15) is 0 Å². The normalized spacial score (nSPS) is 13.9. The van der Waals surface area contributed by atoms with Gasteiger partial charge in [0, 0.05) is 24.3 Å². The monoisotopic (exact) mass is 215 g/mol. The van der Waals surface area contributed by atoms with Gasteiger partial charge in [0.2, 0.25) is 0 Å². The van der Waals surface area contributed by atoms with Gasteiger partial charge in [-0.25, -0.2) is 13.0 Å². The van der Waals surface area contributed by atoms with Gasteiger partial charge in [0.25, 0.3) is 0 Å². The molecule has 0 aliphatic heterocycles. The molecule has 1 heterocycles. The molecule has 78 valence electrons. The van der Waals surface area contributed by atoms with Gasteiger partial charge >= 0.3 is 0 Å². The second kappa shape index (κ2) is 4.52. The molecule has 0 radical (unpaired) electrons. The van der Waals surface area contributed by atoms with E-state index in [0.29, 0.717) is 6.42 Å². The van der Waals surface area contributed by atoms with E-state index in [4.69, 9.17) is 0 Å². The van der Waals surface area contributed by atoms with Crippen molar-refractivity contribution in [1.82, 2.24) is 0 Å². The molecule has 14 heavy (non-hydrogen) atoms. The summed E-state index contributed by atoms with van der Waals surface area (Å²) in [6.45, 7) is 1.88. The van der Waals surface area contributed by atoms with E-state index >= 15 is 0 Å². The maximum absolute atomic E-state index is 10.4. The molecule has 0 spiro atoms. The van der Waals surface area contributed by atoms with Crippen LogP contribution >= 0.6 is 0 Å². The van der Waals surface area contributed by atoms with Crippen molar-refractivity contribution in [3.8, 4) is 0 Å². The molecular weight excluding hydrogens is 202 g/mol. The van der Waals surface area contributed by atoms with E-state index in [-0.39, 0.29) is 11.8 Å². The lowest BCUT2D eigenvalue weighted by atomic mass is 10.2. The predicted molar refractivity (Wildman–Crippen MR) is 50.5 cm³/mol. The van der Waals surface area contributed by atoms with Crippen LogP contribution in [0.5, 0.6) is 0 Å². The third kappa shape index (κ3) is 3.85. The Morgan fingerprint density at radius 3 is 2.36 bits per heavy atom. The van der Waals surface area contributed by atoms with Crippen LogP contribution in [-0.2, 0) is 10.1 Å². The molecule has 0 aliphatic carbocycles. The zero-order valence-electron chi connectivity index (χ0n) is 7.96. The minimum absolute atomic E-state index is 0.0277. The average Bonchev–Trinajstić information content (AvgIpc) is 2.14. The summed E-state index contributed by atoms with van der Waals surface area (Å²) in [6.07, 6.45) is 4.05. The van der Waals surface area contributed by atoms with E-state index in [0.717, 1.165) is 0 Å². The average molecular weight is 215 g/mol. The lowest BCUT2D eigenvalue weighted by Crippen LogP contribution is -2.37. The summed E-state index contributed by atoms with van der Waals surface area (Å²) >= 11 is 0. The lowest BCUT2D eigenvalue weighted by Gasteiger charge is -2.09. The van der Waals surface area contributed by atoms with Gasteiger partial charge in [0.15, 0.2) is 18.4 Å². The standard InChI is InChI=1S/C9H13NO3S/c1-9(5-8-14(11,12)13)10-6-3-2-4-7-10/h2-4,6-7,9H,5,8H2,1H3. The van der Waals surface area contributed by atoms with Crippen molar-refractivity contribution in [1.29, 1.82) is 0 Å². The Hall–Kier alpha value is -0.940. The fourth-order valence-corrected chi connectivity index (χ4v) is 1.80. The predicted octanol–water partition coefficient (Wildman–Crippen LogP) is 0.470. The summed E-state index contributed by atoms with van der Waals surface area (Å²) in [5.41, 5.74) is 0. The smallest absolute Gasteiger partial charge is 0.169 e. The van der Waals surface area contributed by atoms with Crippen molar-refractivity contribution in [3.63, 3.8) is 0 Å². The van der Waals surface area contributed by atoms with Gasteiger partial charge < -0.3 is 4.55 Å². The Morgan fingerprint density at radius 1 is 1.29 bits per heavy atom. The molecule has 0 N–H and O–H groups in total. The van der Waals surface area contributed by atoms with Gasteiger partial charge in [-0.1, -0.05) is 6.07 Å². The lowest BCUT2D eigenvalue weighted by molar-refractivity contribution is -0.719. The molecule has 1 atom stereocenters. The molecule has 5 heteroatoms. The van der Waals surface area contributed by atoms with Gasteiger partial charge in [0.1, 0.15) is 0 Å². The maximum atomic E-state index is 10.4. The van der Waals surface area contributed by atoms with Crippen molar-refractivity contribution in [2.45, 2.75) is 19.4 Å². The molecule has 4 nitrogen and oxygen atoms in total. The number of aromatic nitrogens is 1. The molecule has 1 rings (SSSR count). The van der Waals surface area contributed by atoms with Crippen LogP contribution in [0.3, 0.4) is 0 Å². The van der Waals surface area contributed by atoms with Crippen molar-refractivity contribution >= 4 is 10.1 Å². The van der Waals surface area contributed by atoms with E-state index < -0.39 is 10.1 Å². The molecule has 0 amide bonds. The van der Waals surface area contributed by atoms with Crippen LogP contribution in [0.25, 0.3) is 0 Å². The molecule has 0 aliphatic rings. The largest absolute Gasteiger partial charge is 0.748 e. The van der Waals surface area contributed by atoms with Gasteiger partial charge in [0.05, 0.1) is 10.1 Å². The van der Waals surface area contributed by atoms with Crippen LogP contribution in [0.1, 0.15) is 19.4 Å². The van der Waals surface area contributed by atoms with E-state index in [1.165, 1.54) is 0 Å². The molecule has 0 aromatic carbocycles. The summed E-state index contributed by atoms with van der Waals surface area (Å²) in [5.74, 6) is -0.309. The first-order chi connectivity index (χ1) is 6.49. The fraction of sp³-hybridized carbons (Fsp3) is 0.444. The number of rotatable bonds is 4. The van der Waals surface area contributed by atoms with Crippen LogP contribution in [0, 0.1) is 0 Å². The molecule has 1 aromatic heterocycles. The minimum atomic E-state index is -4.09. The molecule has 0 fully saturated rings. The van der Waals surface area contributed by atoms with Crippen LogP contribution in [0.15, 0.2) is 30.6 Å². The second-order valence-corrected chi connectivity index (χ2v) is 4.75. The minimum Gasteiger partial charge on any atom is -0.748 e. The first-order valence-corrected chi connectivity index (χ1v) is 5.96. The Morgan fingerprint density at radius 2 is 1.86 bits per heavy atom. The van der Waals surface area contributed by atoms with Crippen molar-refractivity contribution in [3.05, 3.63) is 30.6 Å². The topological polar surface area (TPSA) is 61.1 Å².